The maximum absolute atomic E-state index is 10.9. The predicted molar refractivity (Wildman–Crippen MR) is 42.7 cm³/mol. The summed E-state index contributed by atoms with van der Waals surface area (Å²) in [5.41, 5.74) is 0.495. The van der Waals surface area contributed by atoms with E-state index in [9.17, 15) is 4.79 Å². The van der Waals surface area contributed by atoms with Crippen LogP contribution in [0, 0.1) is 0 Å². The fraction of sp³-hybridized carbons (Fsp3) is 0.200. The molecule has 1 aromatic heterocycles. The van der Waals surface area contributed by atoms with Gasteiger partial charge in [-0.25, -0.2) is 4.98 Å². The van der Waals surface area contributed by atoms with E-state index >= 15 is 0 Å². The lowest BCUT2D eigenvalue weighted by Crippen LogP contribution is -2.32. The summed E-state index contributed by atoms with van der Waals surface area (Å²) in [6.45, 7) is 0. The van der Waals surface area contributed by atoms with Gasteiger partial charge in [0.15, 0.2) is 7.85 Å². The van der Waals surface area contributed by atoms with Crippen LogP contribution in [0.3, 0.4) is 0 Å². The van der Waals surface area contributed by atoms with Crippen molar-refractivity contribution < 1.29 is 0 Å². The van der Waals surface area contributed by atoms with Crippen LogP contribution in [-0.2, 0) is 7.05 Å². The molecule has 1 aromatic rings. The number of nitrogens with zero attached hydrogens (tertiary/aromatic N) is 2. The number of rotatable bonds is 0. The van der Waals surface area contributed by atoms with Gasteiger partial charge in [-0.05, 0) is 0 Å². The first-order valence-electron chi connectivity index (χ1n) is 2.81. The number of halogens is 1. The van der Waals surface area contributed by atoms with Crippen molar-refractivity contribution in [2.75, 3.05) is 0 Å². The maximum Gasteiger partial charge on any atom is 0.254 e. The van der Waals surface area contributed by atoms with E-state index in [1.165, 1.54) is 10.6 Å². The second kappa shape index (κ2) is 2.46. The fourth-order valence-corrected chi connectivity index (χ4v) is 0.836. The molecule has 0 N–H and O–H groups in total. The van der Waals surface area contributed by atoms with Gasteiger partial charge in [0.1, 0.15) is 5.15 Å². The molecule has 0 spiro atoms. The monoisotopic (exact) mass is 156 g/mol. The van der Waals surface area contributed by atoms with Gasteiger partial charge in [0.25, 0.3) is 5.56 Å². The third-order valence-corrected chi connectivity index (χ3v) is 1.52. The van der Waals surface area contributed by atoms with E-state index in [0.29, 0.717) is 5.72 Å². The highest BCUT2D eigenvalue weighted by Gasteiger charge is 1.96. The average molecular weight is 156 g/mol. The van der Waals surface area contributed by atoms with Crippen LogP contribution in [0.1, 0.15) is 0 Å². The second-order valence-electron chi connectivity index (χ2n) is 2.02. The summed E-state index contributed by atoms with van der Waals surface area (Å²) in [7, 11) is 3.38. The largest absolute Gasteiger partial charge is 0.309 e. The van der Waals surface area contributed by atoms with Crippen LogP contribution in [0.15, 0.2) is 10.9 Å². The van der Waals surface area contributed by atoms with Gasteiger partial charge in [-0.15, -0.1) is 0 Å². The van der Waals surface area contributed by atoms with Crippen molar-refractivity contribution in [1.29, 1.82) is 0 Å². The predicted octanol–water partition coefficient (Wildman–Crippen LogP) is -1.31. The summed E-state index contributed by atoms with van der Waals surface area (Å²) >= 11 is 5.50. The third-order valence-electron chi connectivity index (χ3n) is 1.33. The van der Waals surface area contributed by atoms with E-state index < -0.39 is 0 Å². The van der Waals surface area contributed by atoms with Gasteiger partial charge in [0.2, 0.25) is 0 Å². The Balaban J connectivity index is 3.46. The summed E-state index contributed by atoms with van der Waals surface area (Å²) in [6.07, 6.45) is 0. The Kier molecular flexibility index (Phi) is 1.81. The van der Waals surface area contributed by atoms with Crippen LogP contribution in [0.4, 0.5) is 0 Å². The number of hydrogen-bond donors (Lipinski definition) is 0. The number of hydrogen-bond acceptors (Lipinski definition) is 2. The highest BCUT2D eigenvalue weighted by atomic mass is 35.5. The van der Waals surface area contributed by atoms with Crippen LogP contribution in [0.5, 0.6) is 0 Å². The van der Waals surface area contributed by atoms with Crippen LogP contribution in [-0.4, -0.2) is 17.4 Å². The Hall–Kier alpha value is -0.765. The molecule has 0 saturated heterocycles. The molecule has 0 amide bonds. The van der Waals surface area contributed by atoms with Gasteiger partial charge in [-0.2, -0.15) is 0 Å². The summed E-state index contributed by atoms with van der Waals surface area (Å²) < 4.78 is 1.44. The lowest BCUT2D eigenvalue weighted by Gasteiger charge is -2.00. The van der Waals surface area contributed by atoms with Gasteiger partial charge >= 0.3 is 0 Å². The van der Waals surface area contributed by atoms with Gasteiger partial charge in [-0.1, -0.05) is 11.6 Å². The molecule has 0 radical (unpaired) electrons. The number of aromatic nitrogens is 2. The summed E-state index contributed by atoms with van der Waals surface area (Å²) in [6, 6.07) is 1.29. The SMILES string of the molecule is Bc1nc(Cl)cc(=O)n1C. The molecule has 0 saturated carbocycles. The first-order chi connectivity index (χ1) is 4.61. The first-order valence-corrected chi connectivity index (χ1v) is 3.19. The summed E-state index contributed by atoms with van der Waals surface area (Å²) in [4.78, 5) is 14.8. The van der Waals surface area contributed by atoms with Crippen LogP contribution in [0.25, 0.3) is 0 Å². The quantitative estimate of drug-likeness (QED) is 0.345. The standard InChI is InChI=1S/C5H6BClN2O/c1-9-4(10)2-3(7)8-5(9)6/h2H,6H2,1H3. The maximum atomic E-state index is 10.9. The van der Waals surface area contributed by atoms with Crippen molar-refractivity contribution in [3.63, 3.8) is 0 Å². The highest BCUT2D eigenvalue weighted by Crippen LogP contribution is 1.93. The smallest absolute Gasteiger partial charge is 0.254 e. The molecule has 3 nitrogen and oxygen atoms in total. The Morgan fingerprint density at radius 1 is 1.80 bits per heavy atom. The zero-order valence-electron chi connectivity index (χ0n) is 5.76. The molecule has 0 atom stereocenters. The van der Waals surface area contributed by atoms with Crippen molar-refractivity contribution in [1.82, 2.24) is 9.55 Å². The van der Waals surface area contributed by atoms with E-state index in [4.69, 9.17) is 11.6 Å². The van der Waals surface area contributed by atoms with Crippen molar-refractivity contribution in [2.24, 2.45) is 7.05 Å². The topological polar surface area (TPSA) is 34.9 Å². The molecule has 5 heteroatoms. The molecular weight excluding hydrogens is 150 g/mol. The molecule has 52 valence electrons. The Labute approximate surface area is 64.1 Å². The van der Waals surface area contributed by atoms with Crippen LogP contribution in [0.2, 0.25) is 5.15 Å². The van der Waals surface area contributed by atoms with Crippen molar-refractivity contribution >= 4 is 25.2 Å². The molecule has 0 aromatic carbocycles. The molecule has 0 fully saturated rings. The molecule has 0 aliphatic rings. The van der Waals surface area contributed by atoms with Gasteiger partial charge < -0.3 is 4.57 Å². The molecule has 1 rings (SSSR count). The fourth-order valence-electron chi connectivity index (χ4n) is 0.620. The van der Waals surface area contributed by atoms with Crippen LogP contribution >= 0.6 is 11.6 Å². The average Bonchev–Trinajstić information content (AvgIpc) is 1.82. The van der Waals surface area contributed by atoms with Crippen molar-refractivity contribution in [3.8, 4) is 0 Å². The molecule has 0 unspecified atom stereocenters. The lowest BCUT2D eigenvalue weighted by molar-refractivity contribution is 0.863. The van der Waals surface area contributed by atoms with Gasteiger partial charge in [0, 0.05) is 13.1 Å². The van der Waals surface area contributed by atoms with E-state index in [1.54, 1.807) is 14.9 Å². The third kappa shape index (κ3) is 1.21. The highest BCUT2D eigenvalue weighted by molar-refractivity contribution is 6.32. The minimum atomic E-state index is -0.127. The zero-order valence-corrected chi connectivity index (χ0v) is 6.51. The van der Waals surface area contributed by atoms with E-state index in [-0.39, 0.29) is 10.7 Å². The molecular formula is C5H6BClN2O. The first kappa shape index (κ1) is 7.34. The van der Waals surface area contributed by atoms with E-state index in [1.807, 2.05) is 0 Å². The van der Waals surface area contributed by atoms with E-state index in [0.717, 1.165) is 0 Å². The van der Waals surface area contributed by atoms with Gasteiger partial charge in [0.05, 0.1) is 5.72 Å². The summed E-state index contributed by atoms with van der Waals surface area (Å²) in [5, 5.41) is 0.251. The van der Waals surface area contributed by atoms with Crippen LogP contribution < -0.4 is 11.3 Å². The minimum absolute atomic E-state index is 0.127. The van der Waals surface area contributed by atoms with E-state index in [2.05, 4.69) is 4.98 Å². The molecule has 10 heavy (non-hydrogen) atoms. The zero-order chi connectivity index (χ0) is 7.72. The normalized spacial score (nSPS) is 9.80. The lowest BCUT2D eigenvalue weighted by atomic mass is 10.1. The molecule has 0 aliphatic carbocycles. The Morgan fingerprint density at radius 2 is 2.40 bits per heavy atom. The van der Waals surface area contributed by atoms with Crippen molar-refractivity contribution in [3.05, 3.63) is 21.6 Å². The summed E-state index contributed by atoms with van der Waals surface area (Å²) in [5.74, 6) is 0. The molecule has 0 bridgehead atoms. The minimum Gasteiger partial charge on any atom is -0.309 e. The Morgan fingerprint density at radius 3 is 2.90 bits per heavy atom. The second-order valence-corrected chi connectivity index (χ2v) is 2.41. The molecule has 1 heterocycles. The van der Waals surface area contributed by atoms with Crippen molar-refractivity contribution in [2.45, 2.75) is 0 Å². The molecule has 0 aliphatic heterocycles. The Bertz CT molecular complexity index is 309. The van der Waals surface area contributed by atoms with Gasteiger partial charge in [-0.3, -0.25) is 4.79 Å².